The summed E-state index contributed by atoms with van der Waals surface area (Å²) in [6.07, 6.45) is 2.42. The van der Waals surface area contributed by atoms with Gasteiger partial charge in [-0.3, -0.25) is 0 Å². The lowest BCUT2D eigenvalue weighted by Crippen LogP contribution is -3.10. The van der Waals surface area contributed by atoms with Crippen LogP contribution in [0.15, 0.2) is 36.4 Å². The van der Waals surface area contributed by atoms with Crippen LogP contribution in [0.3, 0.4) is 0 Å². The van der Waals surface area contributed by atoms with Crippen molar-refractivity contribution in [2.24, 2.45) is 0 Å². The first kappa shape index (κ1) is 10.3. The summed E-state index contributed by atoms with van der Waals surface area (Å²) in [4.78, 5) is 33.4. The number of quaternary nitrogens is 1. The smallest absolute Gasteiger partial charge is 0.350 e. The maximum absolute atomic E-state index is 11.3. The van der Waals surface area contributed by atoms with Gasteiger partial charge in [-0.25, -0.2) is 14.4 Å². The Kier molecular flexibility index (Phi) is 2.38. The van der Waals surface area contributed by atoms with E-state index >= 15 is 0 Å². The number of rotatable bonds is 2. The van der Waals surface area contributed by atoms with E-state index in [0.717, 1.165) is 0 Å². The molecule has 5 heteroatoms. The van der Waals surface area contributed by atoms with Crippen molar-refractivity contribution in [1.29, 1.82) is 0 Å². The molecule has 5 nitrogen and oxygen atoms in total. The van der Waals surface area contributed by atoms with Crippen LogP contribution < -0.4 is 4.90 Å². The number of hydrogen-bond donors (Lipinski definition) is 2. The number of carboxylic acid groups (broad SMARTS) is 1. The number of aromatic carboxylic acids is 1. The zero-order chi connectivity index (χ0) is 11.7. The van der Waals surface area contributed by atoms with Crippen LogP contribution >= 0.6 is 0 Å². The van der Waals surface area contributed by atoms with Gasteiger partial charge in [0.05, 0.1) is 17.7 Å². The van der Waals surface area contributed by atoms with Gasteiger partial charge in [0.15, 0.2) is 0 Å². The van der Waals surface area contributed by atoms with E-state index in [9.17, 15) is 14.4 Å². The lowest BCUT2D eigenvalue weighted by Gasteiger charge is -2.06. The Bertz CT molecular complexity index is 483. The SMILES string of the molecule is O=C(O)c1ccc([NH+]2C(=O)C=CC2=O)cc1. The predicted molar refractivity (Wildman–Crippen MR) is 53.2 cm³/mol. The average molecular weight is 218 g/mol. The van der Waals surface area contributed by atoms with Gasteiger partial charge >= 0.3 is 17.8 Å². The number of carbonyl (C=O) groups is 3. The fourth-order valence-electron chi connectivity index (χ4n) is 1.50. The molecule has 2 rings (SSSR count). The fraction of sp³-hybridized carbons (Fsp3) is 0. The van der Waals surface area contributed by atoms with Crippen molar-refractivity contribution >= 4 is 23.5 Å². The lowest BCUT2D eigenvalue weighted by molar-refractivity contribution is -0.654. The second-order valence-electron chi connectivity index (χ2n) is 3.32. The van der Waals surface area contributed by atoms with E-state index in [2.05, 4.69) is 0 Å². The van der Waals surface area contributed by atoms with Gasteiger partial charge in [-0.1, -0.05) is 0 Å². The van der Waals surface area contributed by atoms with E-state index in [4.69, 9.17) is 5.11 Å². The van der Waals surface area contributed by atoms with Crippen LogP contribution in [-0.2, 0) is 9.59 Å². The average Bonchev–Trinajstić information content (AvgIpc) is 2.59. The summed E-state index contributed by atoms with van der Waals surface area (Å²) in [7, 11) is 0. The van der Waals surface area contributed by atoms with E-state index in [1.807, 2.05) is 0 Å². The lowest BCUT2D eigenvalue weighted by atomic mass is 10.2. The molecule has 0 unspecified atom stereocenters. The van der Waals surface area contributed by atoms with Crippen LogP contribution in [0, 0.1) is 0 Å². The molecule has 2 amide bonds. The van der Waals surface area contributed by atoms with Gasteiger partial charge in [-0.15, -0.1) is 0 Å². The molecule has 16 heavy (non-hydrogen) atoms. The van der Waals surface area contributed by atoms with E-state index in [0.29, 0.717) is 5.69 Å². The number of imide groups is 1. The Hall–Kier alpha value is -2.27. The summed E-state index contributed by atoms with van der Waals surface area (Å²) in [5.74, 6) is -1.72. The van der Waals surface area contributed by atoms with Crippen molar-refractivity contribution in [2.75, 3.05) is 0 Å². The highest BCUT2D eigenvalue weighted by molar-refractivity contribution is 6.03. The Morgan fingerprint density at radius 1 is 1.00 bits per heavy atom. The van der Waals surface area contributed by atoms with Crippen LogP contribution in [0.5, 0.6) is 0 Å². The molecule has 2 N–H and O–H groups in total. The van der Waals surface area contributed by atoms with Gasteiger partial charge in [-0.05, 0) is 12.1 Å². The van der Waals surface area contributed by atoms with Crippen LogP contribution in [0.25, 0.3) is 0 Å². The number of carboxylic acids is 1. The Morgan fingerprint density at radius 2 is 1.50 bits per heavy atom. The van der Waals surface area contributed by atoms with E-state index in [1.54, 1.807) is 0 Å². The van der Waals surface area contributed by atoms with Crippen molar-refractivity contribution in [3.8, 4) is 0 Å². The molecule has 0 aromatic heterocycles. The minimum atomic E-state index is -1.04. The molecule has 1 heterocycles. The van der Waals surface area contributed by atoms with Gasteiger partial charge in [0.1, 0.15) is 5.69 Å². The molecule has 0 bridgehead atoms. The highest BCUT2D eigenvalue weighted by Gasteiger charge is 2.32. The maximum atomic E-state index is 11.3. The summed E-state index contributed by atoms with van der Waals surface area (Å²) in [5.41, 5.74) is 0.570. The highest BCUT2D eigenvalue weighted by Crippen LogP contribution is 2.06. The number of nitrogens with one attached hydrogen (secondary N) is 1. The second-order valence-corrected chi connectivity index (χ2v) is 3.32. The maximum Gasteiger partial charge on any atom is 0.350 e. The summed E-state index contributed by atoms with van der Waals surface area (Å²) in [5, 5.41) is 8.69. The van der Waals surface area contributed by atoms with Gasteiger partial charge in [0, 0.05) is 12.1 Å². The summed E-state index contributed by atoms with van der Waals surface area (Å²) < 4.78 is 0. The number of carbonyl (C=O) groups excluding carboxylic acids is 2. The zero-order valence-corrected chi connectivity index (χ0v) is 8.14. The Balaban J connectivity index is 2.32. The van der Waals surface area contributed by atoms with Gasteiger partial charge in [0.2, 0.25) is 0 Å². The predicted octanol–water partition coefficient (Wildman–Crippen LogP) is -0.476. The standard InChI is InChI=1S/C11H7NO4/c13-9-5-6-10(14)12(9)8-3-1-7(2-4-8)11(15)16/h1-6H,(H,15,16)/p+1. The Morgan fingerprint density at radius 3 is 1.94 bits per heavy atom. The number of hydrogen-bond acceptors (Lipinski definition) is 3. The van der Waals surface area contributed by atoms with Crippen molar-refractivity contribution in [1.82, 2.24) is 0 Å². The van der Waals surface area contributed by atoms with Gasteiger partial charge in [-0.2, -0.15) is 4.90 Å². The van der Waals surface area contributed by atoms with Crippen molar-refractivity contribution < 1.29 is 24.4 Å². The molecule has 80 valence electrons. The third-order valence-corrected chi connectivity index (χ3v) is 2.30. The molecule has 1 aromatic rings. The van der Waals surface area contributed by atoms with Gasteiger partial charge in [0.25, 0.3) is 0 Å². The van der Waals surface area contributed by atoms with Crippen molar-refractivity contribution in [3.63, 3.8) is 0 Å². The van der Waals surface area contributed by atoms with Gasteiger partial charge < -0.3 is 5.11 Å². The van der Waals surface area contributed by atoms with Crippen LogP contribution in [0.4, 0.5) is 5.69 Å². The molecule has 0 fully saturated rings. The third kappa shape index (κ3) is 1.64. The largest absolute Gasteiger partial charge is 0.478 e. The third-order valence-electron chi connectivity index (χ3n) is 2.30. The first-order valence-corrected chi connectivity index (χ1v) is 4.57. The summed E-state index contributed by atoms with van der Waals surface area (Å²) >= 11 is 0. The number of benzene rings is 1. The molecule has 1 aliphatic heterocycles. The molecule has 0 radical (unpaired) electrons. The van der Waals surface area contributed by atoms with E-state index < -0.39 is 5.97 Å². The highest BCUT2D eigenvalue weighted by atomic mass is 16.4. The first-order valence-electron chi connectivity index (χ1n) is 4.57. The zero-order valence-electron chi connectivity index (χ0n) is 8.14. The first-order chi connectivity index (χ1) is 7.59. The quantitative estimate of drug-likeness (QED) is 0.658. The summed E-state index contributed by atoms with van der Waals surface area (Å²) in [6, 6.07) is 5.65. The Labute approximate surface area is 90.6 Å². The monoisotopic (exact) mass is 218 g/mol. The molecule has 1 aliphatic rings. The molecular weight excluding hydrogens is 210 g/mol. The molecular formula is C11H8NO4+. The molecule has 1 aromatic carbocycles. The molecule has 0 spiro atoms. The topological polar surface area (TPSA) is 75.9 Å². The minimum Gasteiger partial charge on any atom is -0.478 e. The van der Waals surface area contributed by atoms with E-state index in [-0.39, 0.29) is 22.3 Å². The normalized spacial score (nSPS) is 15.8. The molecule has 0 aliphatic carbocycles. The summed E-state index contributed by atoms with van der Waals surface area (Å²) in [6.45, 7) is 0. The molecule has 0 saturated carbocycles. The second kappa shape index (κ2) is 3.71. The van der Waals surface area contributed by atoms with Crippen LogP contribution in [0.1, 0.15) is 10.4 Å². The molecule has 0 saturated heterocycles. The molecule has 0 atom stereocenters. The van der Waals surface area contributed by atoms with Crippen LogP contribution in [-0.4, -0.2) is 22.9 Å². The van der Waals surface area contributed by atoms with Crippen molar-refractivity contribution in [3.05, 3.63) is 42.0 Å². The minimum absolute atomic E-state index is 0.0944. The van der Waals surface area contributed by atoms with Crippen molar-refractivity contribution in [2.45, 2.75) is 0 Å². The van der Waals surface area contributed by atoms with Crippen LogP contribution in [0.2, 0.25) is 0 Å². The van der Waals surface area contributed by atoms with E-state index in [1.165, 1.54) is 36.4 Å². The fourth-order valence-corrected chi connectivity index (χ4v) is 1.50. The number of amides is 2.